The minimum Gasteiger partial charge on any atom is -0.494 e. The molecule has 28 heavy (non-hydrogen) atoms. The predicted molar refractivity (Wildman–Crippen MR) is 110 cm³/mol. The molecular formula is C23H24N2O3. The van der Waals surface area contributed by atoms with Crippen molar-refractivity contribution >= 4 is 16.8 Å². The largest absolute Gasteiger partial charge is 0.494 e. The van der Waals surface area contributed by atoms with E-state index in [0.29, 0.717) is 18.7 Å². The van der Waals surface area contributed by atoms with E-state index in [4.69, 9.17) is 9.47 Å². The second-order valence-electron chi connectivity index (χ2n) is 7.26. The van der Waals surface area contributed by atoms with Crippen LogP contribution in [0.5, 0.6) is 5.75 Å². The van der Waals surface area contributed by atoms with Gasteiger partial charge < -0.3 is 14.4 Å². The number of carbonyl (C=O) groups is 1. The van der Waals surface area contributed by atoms with E-state index in [9.17, 15) is 4.79 Å². The fourth-order valence-corrected chi connectivity index (χ4v) is 3.91. The summed E-state index contributed by atoms with van der Waals surface area (Å²) in [5.74, 6) is 0.780. The van der Waals surface area contributed by atoms with Crippen LogP contribution in [0.1, 0.15) is 24.2 Å². The van der Waals surface area contributed by atoms with E-state index in [1.54, 1.807) is 13.3 Å². The second-order valence-corrected chi connectivity index (χ2v) is 7.26. The third kappa shape index (κ3) is 3.45. The molecule has 1 fully saturated rings. The maximum absolute atomic E-state index is 13.1. The molecule has 1 aliphatic rings. The monoisotopic (exact) mass is 376 g/mol. The standard InChI is InChI=1S/C23H24N2O3/c1-15-13-25(14-16(2)28-15)23(26)18-7-4-6-17(12-18)19-9-10-21(27-3)22-20(19)8-5-11-24-22/h4-12,15-16H,13-14H2,1-3H3/t15-,16+. The fraction of sp³-hybridized carbons (Fsp3) is 0.304. The van der Waals surface area contributed by atoms with Gasteiger partial charge in [0.15, 0.2) is 0 Å². The zero-order valence-electron chi connectivity index (χ0n) is 16.4. The van der Waals surface area contributed by atoms with Gasteiger partial charge in [-0.3, -0.25) is 9.78 Å². The van der Waals surface area contributed by atoms with E-state index in [1.807, 2.05) is 67.3 Å². The lowest BCUT2D eigenvalue weighted by Crippen LogP contribution is -2.48. The van der Waals surface area contributed by atoms with Crippen molar-refractivity contribution < 1.29 is 14.3 Å². The Labute approximate surface area is 164 Å². The molecule has 2 heterocycles. The number of fused-ring (bicyclic) bond motifs is 1. The number of benzene rings is 2. The van der Waals surface area contributed by atoms with Crippen LogP contribution in [-0.4, -0.2) is 48.2 Å². The van der Waals surface area contributed by atoms with Gasteiger partial charge in [-0.1, -0.05) is 18.2 Å². The van der Waals surface area contributed by atoms with Crippen LogP contribution in [0.2, 0.25) is 0 Å². The van der Waals surface area contributed by atoms with Gasteiger partial charge in [0.1, 0.15) is 11.3 Å². The van der Waals surface area contributed by atoms with E-state index in [0.717, 1.165) is 27.8 Å². The molecular weight excluding hydrogens is 352 g/mol. The zero-order chi connectivity index (χ0) is 19.7. The number of rotatable bonds is 3. The van der Waals surface area contributed by atoms with Crippen LogP contribution < -0.4 is 4.74 Å². The molecule has 0 bridgehead atoms. The lowest BCUT2D eigenvalue weighted by atomic mass is 9.98. The molecule has 3 aromatic rings. The highest BCUT2D eigenvalue weighted by atomic mass is 16.5. The van der Waals surface area contributed by atoms with Gasteiger partial charge in [0.25, 0.3) is 5.91 Å². The van der Waals surface area contributed by atoms with Crippen molar-refractivity contribution in [2.75, 3.05) is 20.2 Å². The Morgan fingerprint density at radius 1 is 1.11 bits per heavy atom. The molecule has 1 aliphatic heterocycles. The number of carbonyl (C=O) groups excluding carboxylic acids is 1. The number of nitrogens with zero attached hydrogens (tertiary/aromatic N) is 2. The fourth-order valence-electron chi connectivity index (χ4n) is 3.91. The number of hydrogen-bond acceptors (Lipinski definition) is 4. The molecule has 5 heteroatoms. The first-order valence-corrected chi connectivity index (χ1v) is 9.53. The number of hydrogen-bond donors (Lipinski definition) is 0. The summed E-state index contributed by atoms with van der Waals surface area (Å²) >= 11 is 0. The van der Waals surface area contributed by atoms with E-state index in [1.165, 1.54) is 0 Å². The summed E-state index contributed by atoms with van der Waals surface area (Å²) in [5, 5.41) is 1.00. The summed E-state index contributed by atoms with van der Waals surface area (Å²) in [5.41, 5.74) is 3.52. The van der Waals surface area contributed by atoms with E-state index < -0.39 is 0 Å². The SMILES string of the molecule is COc1ccc(-c2cccc(C(=O)N3C[C@@H](C)O[C@@H](C)C3)c2)c2cccnc12. The number of morpholine rings is 1. The smallest absolute Gasteiger partial charge is 0.254 e. The first-order valence-electron chi connectivity index (χ1n) is 9.53. The Kier molecular flexibility index (Phi) is 5.01. The Morgan fingerprint density at radius 2 is 1.89 bits per heavy atom. The average molecular weight is 376 g/mol. The van der Waals surface area contributed by atoms with Gasteiger partial charge in [-0.25, -0.2) is 0 Å². The van der Waals surface area contributed by atoms with Gasteiger partial charge >= 0.3 is 0 Å². The molecule has 0 saturated carbocycles. The number of amides is 1. The molecule has 1 saturated heterocycles. The first kappa shape index (κ1) is 18.4. The summed E-state index contributed by atoms with van der Waals surface area (Å²) in [7, 11) is 1.65. The molecule has 144 valence electrons. The van der Waals surface area contributed by atoms with Crippen LogP contribution in [0.4, 0.5) is 0 Å². The molecule has 0 spiro atoms. The highest BCUT2D eigenvalue weighted by Gasteiger charge is 2.26. The summed E-state index contributed by atoms with van der Waals surface area (Å²) < 4.78 is 11.2. The third-order valence-electron chi connectivity index (χ3n) is 5.08. The predicted octanol–water partition coefficient (Wildman–Crippen LogP) is 4.16. The summed E-state index contributed by atoms with van der Waals surface area (Å²) in [6, 6.07) is 15.7. The molecule has 4 rings (SSSR count). The van der Waals surface area contributed by atoms with Gasteiger partial charge in [0.05, 0.1) is 19.3 Å². The lowest BCUT2D eigenvalue weighted by Gasteiger charge is -2.35. The topological polar surface area (TPSA) is 51.7 Å². The van der Waals surface area contributed by atoms with Crippen LogP contribution in [0.3, 0.4) is 0 Å². The van der Waals surface area contributed by atoms with Gasteiger partial charge in [-0.05, 0) is 55.3 Å². The molecule has 5 nitrogen and oxygen atoms in total. The third-order valence-corrected chi connectivity index (χ3v) is 5.08. The minimum absolute atomic E-state index is 0.0415. The van der Waals surface area contributed by atoms with Crippen molar-refractivity contribution in [1.82, 2.24) is 9.88 Å². The molecule has 0 aliphatic carbocycles. The van der Waals surface area contributed by atoms with Gasteiger partial charge in [0.2, 0.25) is 0 Å². The van der Waals surface area contributed by atoms with Crippen LogP contribution in [0.15, 0.2) is 54.7 Å². The Hall–Kier alpha value is -2.92. The summed E-state index contributed by atoms with van der Waals surface area (Å²) in [4.78, 5) is 19.4. The Morgan fingerprint density at radius 3 is 2.64 bits per heavy atom. The zero-order valence-corrected chi connectivity index (χ0v) is 16.4. The maximum atomic E-state index is 13.1. The lowest BCUT2D eigenvalue weighted by molar-refractivity contribution is -0.0586. The van der Waals surface area contributed by atoms with E-state index in [2.05, 4.69) is 4.98 Å². The maximum Gasteiger partial charge on any atom is 0.254 e. The van der Waals surface area contributed by atoms with Crippen LogP contribution in [0.25, 0.3) is 22.0 Å². The van der Waals surface area contributed by atoms with Gasteiger partial charge in [-0.2, -0.15) is 0 Å². The van der Waals surface area contributed by atoms with Crippen LogP contribution in [0, 0.1) is 0 Å². The molecule has 0 unspecified atom stereocenters. The number of aromatic nitrogens is 1. The normalized spacial score (nSPS) is 19.6. The Balaban J connectivity index is 1.72. The second kappa shape index (κ2) is 7.60. The molecule has 1 amide bonds. The van der Waals surface area contributed by atoms with Gasteiger partial charge in [0, 0.05) is 30.2 Å². The number of ether oxygens (including phenoxy) is 2. The highest BCUT2D eigenvalue weighted by molar-refractivity contribution is 6.00. The average Bonchev–Trinajstić information content (AvgIpc) is 2.71. The number of pyridine rings is 1. The Bertz CT molecular complexity index is 1010. The first-order chi connectivity index (χ1) is 13.6. The molecule has 2 aromatic carbocycles. The molecule has 0 radical (unpaired) electrons. The molecule has 0 N–H and O–H groups in total. The van der Waals surface area contributed by atoms with Crippen molar-refractivity contribution in [2.24, 2.45) is 0 Å². The summed E-state index contributed by atoms with van der Waals surface area (Å²) in [6.07, 6.45) is 1.86. The van der Waals surface area contributed by atoms with Crippen molar-refractivity contribution in [3.05, 3.63) is 60.3 Å². The van der Waals surface area contributed by atoms with Crippen molar-refractivity contribution in [3.63, 3.8) is 0 Å². The van der Waals surface area contributed by atoms with Crippen molar-refractivity contribution in [2.45, 2.75) is 26.1 Å². The van der Waals surface area contributed by atoms with E-state index >= 15 is 0 Å². The summed E-state index contributed by atoms with van der Waals surface area (Å²) in [6.45, 7) is 5.23. The molecule has 1 aromatic heterocycles. The van der Waals surface area contributed by atoms with Crippen LogP contribution >= 0.6 is 0 Å². The van der Waals surface area contributed by atoms with Gasteiger partial charge in [-0.15, -0.1) is 0 Å². The van der Waals surface area contributed by atoms with Crippen molar-refractivity contribution in [1.29, 1.82) is 0 Å². The van der Waals surface area contributed by atoms with Crippen molar-refractivity contribution in [3.8, 4) is 16.9 Å². The van der Waals surface area contributed by atoms with Crippen LogP contribution in [-0.2, 0) is 4.74 Å². The minimum atomic E-state index is 0.0415. The van der Waals surface area contributed by atoms with E-state index in [-0.39, 0.29) is 18.1 Å². The molecule has 2 atom stereocenters. The quantitative estimate of drug-likeness (QED) is 0.689. The highest BCUT2D eigenvalue weighted by Crippen LogP contribution is 2.33. The number of methoxy groups -OCH3 is 1.